The van der Waals surface area contributed by atoms with Gasteiger partial charge in [-0.25, -0.2) is 22.9 Å². The van der Waals surface area contributed by atoms with Crippen LogP contribution < -0.4 is 5.32 Å². The molecule has 3 aliphatic heterocycles. The van der Waals surface area contributed by atoms with E-state index in [1.165, 1.54) is 23.5 Å². The lowest BCUT2D eigenvalue weighted by molar-refractivity contribution is -0.166. The number of fused-ring (bicyclic) bond motifs is 1. The quantitative estimate of drug-likeness (QED) is 0.319. The van der Waals surface area contributed by atoms with Gasteiger partial charge in [0, 0.05) is 36.4 Å². The van der Waals surface area contributed by atoms with Crippen molar-refractivity contribution in [3.05, 3.63) is 63.0 Å². The zero-order chi connectivity index (χ0) is 33.6. The molecule has 46 heavy (non-hydrogen) atoms. The van der Waals surface area contributed by atoms with Crippen molar-refractivity contribution >= 4 is 29.1 Å². The number of amidine groups is 1. The number of nitrogens with one attached hydrogen (secondary N) is 1. The first-order valence-corrected chi connectivity index (χ1v) is 16.4. The predicted octanol–water partition coefficient (Wildman–Crippen LogP) is 5.56. The maximum absolute atomic E-state index is 15.7. The van der Waals surface area contributed by atoms with Gasteiger partial charge in [0.25, 0.3) is 5.92 Å². The van der Waals surface area contributed by atoms with Gasteiger partial charge in [0.1, 0.15) is 17.5 Å². The zero-order valence-corrected chi connectivity index (χ0v) is 27.9. The number of esters is 1. The summed E-state index contributed by atoms with van der Waals surface area (Å²) < 4.78 is 51.7. The average Bonchev–Trinajstić information content (AvgIpc) is 3.68. The fraction of sp³-hybridized carbons (Fsp3) is 0.576. The van der Waals surface area contributed by atoms with E-state index in [4.69, 9.17) is 4.74 Å². The Balaban J connectivity index is 1.37. The molecule has 0 unspecified atom stereocenters. The van der Waals surface area contributed by atoms with E-state index in [2.05, 4.69) is 15.3 Å². The molecule has 0 amide bonds. The highest BCUT2D eigenvalue weighted by Gasteiger charge is 2.59. The van der Waals surface area contributed by atoms with Gasteiger partial charge in [-0.15, -0.1) is 11.3 Å². The van der Waals surface area contributed by atoms with E-state index in [0.717, 1.165) is 0 Å². The maximum atomic E-state index is 15.7. The highest BCUT2D eigenvalue weighted by atomic mass is 32.1. The van der Waals surface area contributed by atoms with E-state index in [1.807, 2.05) is 34.6 Å². The second-order valence-corrected chi connectivity index (χ2v) is 14.9. The van der Waals surface area contributed by atoms with Crippen LogP contribution in [0.25, 0.3) is 0 Å². The van der Waals surface area contributed by atoms with Gasteiger partial charge in [-0.3, -0.25) is 19.6 Å². The van der Waals surface area contributed by atoms with Gasteiger partial charge in [-0.1, -0.05) is 12.1 Å². The Morgan fingerprint density at radius 2 is 1.93 bits per heavy atom. The van der Waals surface area contributed by atoms with Crippen LogP contribution in [-0.4, -0.2) is 87.5 Å². The van der Waals surface area contributed by atoms with Gasteiger partial charge in [-0.2, -0.15) is 0 Å². The fourth-order valence-electron chi connectivity index (χ4n) is 6.69. The summed E-state index contributed by atoms with van der Waals surface area (Å²) >= 11 is 1.30. The van der Waals surface area contributed by atoms with Crippen LogP contribution in [0.3, 0.4) is 0 Å². The van der Waals surface area contributed by atoms with Crippen molar-refractivity contribution in [2.75, 3.05) is 26.2 Å². The minimum atomic E-state index is -3.04. The minimum Gasteiger partial charge on any atom is -0.478 e. The minimum absolute atomic E-state index is 0.0762. The van der Waals surface area contributed by atoms with E-state index in [1.54, 1.807) is 34.4 Å². The molecule has 2 saturated heterocycles. The Morgan fingerprint density at radius 3 is 2.59 bits per heavy atom. The average molecular weight is 662 g/mol. The molecule has 0 saturated carbocycles. The number of alkyl halides is 2. The molecule has 1 aromatic heterocycles. The molecule has 2 aromatic rings. The summed E-state index contributed by atoms with van der Waals surface area (Å²) in [4.78, 5) is 37.9. The van der Waals surface area contributed by atoms with Gasteiger partial charge < -0.3 is 15.2 Å². The van der Waals surface area contributed by atoms with Crippen molar-refractivity contribution in [2.45, 2.75) is 90.5 Å². The zero-order valence-electron chi connectivity index (χ0n) is 27.1. The molecule has 3 atom stereocenters. The lowest BCUT2D eigenvalue weighted by Gasteiger charge is -2.31. The summed E-state index contributed by atoms with van der Waals surface area (Å²) in [5, 5.41) is 15.8. The number of thiazole rings is 1. The van der Waals surface area contributed by atoms with Crippen LogP contribution in [0.15, 0.2) is 46.0 Å². The molecule has 9 nitrogen and oxygen atoms in total. The number of benzene rings is 1. The molecular weight excluding hydrogens is 619 g/mol. The Hall–Kier alpha value is -3.29. The molecule has 0 bridgehead atoms. The number of aromatic nitrogens is 1. The van der Waals surface area contributed by atoms with Crippen molar-refractivity contribution in [3.63, 3.8) is 0 Å². The molecule has 0 radical (unpaired) electrons. The van der Waals surface area contributed by atoms with E-state index in [0.29, 0.717) is 48.8 Å². The number of carbonyl (C=O) groups excluding carboxylic acids is 1. The van der Waals surface area contributed by atoms with Crippen molar-refractivity contribution in [1.82, 2.24) is 20.1 Å². The van der Waals surface area contributed by atoms with Gasteiger partial charge >= 0.3 is 11.9 Å². The molecule has 4 heterocycles. The predicted molar refractivity (Wildman–Crippen MR) is 169 cm³/mol. The van der Waals surface area contributed by atoms with Crippen LogP contribution in [0.4, 0.5) is 13.2 Å². The van der Waals surface area contributed by atoms with Gasteiger partial charge in [0.2, 0.25) is 0 Å². The SMILES string of the molecule is Cc1c(F)cccc1[C@@H]1N=C(c2nccs2)NC(CN2CC(F)(F)[C@H]3[C@@H]2CCN3CCCC(C)(C)C(=O)OC(C)(C)C)=C1C(=O)O. The molecule has 13 heteroatoms. The molecule has 5 rings (SSSR count). The van der Waals surface area contributed by atoms with Crippen LogP contribution in [0.2, 0.25) is 0 Å². The molecular formula is C33H42F3N5O4S. The highest BCUT2D eigenvalue weighted by molar-refractivity contribution is 7.11. The van der Waals surface area contributed by atoms with Crippen LogP contribution in [0.5, 0.6) is 0 Å². The first-order valence-electron chi connectivity index (χ1n) is 15.5. The number of aliphatic imine (C=N–C) groups is 1. The third kappa shape index (κ3) is 7.01. The number of carbonyl (C=O) groups is 2. The summed E-state index contributed by atoms with van der Waals surface area (Å²) in [7, 11) is 0. The van der Waals surface area contributed by atoms with E-state index in [9.17, 15) is 19.1 Å². The number of ether oxygens (including phenoxy) is 1. The van der Waals surface area contributed by atoms with E-state index in [-0.39, 0.29) is 29.3 Å². The number of hydrogen-bond acceptors (Lipinski definition) is 9. The van der Waals surface area contributed by atoms with Crippen molar-refractivity contribution < 1.29 is 32.6 Å². The Bertz CT molecular complexity index is 1540. The summed E-state index contributed by atoms with van der Waals surface area (Å²) in [6.07, 6.45) is 3.12. The van der Waals surface area contributed by atoms with E-state index < -0.39 is 53.4 Å². The third-order valence-electron chi connectivity index (χ3n) is 8.94. The topological polar surface area (TPSA) is 107 Å². The first-order chi connectivity index (χ1) is 21.5. The largest absolute Gasteiger partial charge is 0.478 e. The molecule has 250 valence electrons. The number of halogens is 3. The standard InChI is InChI=1S/C33H42F3N5O4S/c1-19-20(9-7-10-21(19)34)25-24(29(42)43)22(38-27(39-25)28-37-13-16-46-28)17-41-18-33(35,36)26-23(41)11-15-40(26)14-8-12-32(5,6)30(44)45-31(2,3)4/h7,9-10,13,16,23,25-26H,8,11-12,14-15,17-18H2,1-6H3,(H,38,39)(H,42,43)/t23-,25-,26+/m0/s1. The number of hydrogen-bond donors (Lipinski definition) is 2. The fourth-order valence-corrected chi connectivity index (χ4v) is 7.27. The summed E-state index contributed by atoms with van der Waals surface area (Å²) in [5.74, 6) is -4.79. The third-order valence-corrected chi connectivity index (χ3v) is 9.72. The Morgan fingerprint density at radius 1 is 1.20 bits per heavy atom. The Labute approximate surface area is 271 Å². The lowest BCUT2D eigenvalue weighted by Crippen LogP contribution is -2.46. The highest BCUT2D eigenvalue weighted by Crippen LogP contribution is 2.43. The summed E-state index contributed by atoms with van der Waals surface area (Å²) in [6.45, 7) is 10.9. The van der Waals surface area contributed by atoms with E-state index >= 15 is 8.78 Å². The number of nitrogens with zero attached hydrogens (tertiary/aromatic N) is 4. The molecule has 2 N–H and O–H groups in total. The van der Waals surface area contributed by atoms with Gasteiger partial charge in [0.05, 0.1) is 23.6 Å². The van der Waals surface area contributed by atoms with Crippen molar-refractivity contribution in [3.8, 4) is 0 Å². The van der Waals surface area contributed by atoms with Crippen LogP contribution in [-0.2, 0) is 14.3 Å². The smallest absolute Gasteiger partial charge is 0.335 e. The monoisotopic (exact) mass is 661 g/mol. The van der Waals surface area contributed by atoms with Crippen LogP contribution in [0, 0.1) is 18.2 Å². The van der Waals surface area contributed by atoms with Crippen LogP contribution >= 0.6 is 11.3 Å². The maximum Gasteiger partial charge on any atom is 0.335 e. The number of rotatable bonds is 10. The molecule has 0 aliphatic carbocycles. The number of carboxylic acids is 1. The van der Waals surface area contributed by atoms with Crippen molar-refractivity contribution in [1.29, 1.82) is 0 Å². The number of carboxylic acid groups (broad SMARTS) is 1. The molecule has 3 aliphatic rings. The molecule has 2 fully saturated rings. The first kappa shape index (κ1) is 34.1. The van der Waals surface area contributed by atoms with Gasteiger partial charge in [0.15, 0.2) is 10.8 Å². The second-order valence-electron chi connectivity index (χ2n) is 14.0. The number of aliphatic carboxylic acids is 1. The summed E-state index contributed by atoms with van der Waals surface area (Å²) in [6, 6.07) is 1.84. The normalized spacial score (nSPS) is 23.7. The lowest BCUT2D eigenvalue weighted by atomic mass is 9.87. The summed E-state index contributed by atoms with van der Waals surface area (Å²) in [5.41, 5.74) is -0.593. The van der Waals surface area contributed by atoms with Crippen LogP contribution in [0.1, 0.15) is 76.1 Å². The molecule has 1 aromatic carbocycles. The Kier molecular flexibility index (Phi) is 9.42. The molecule has 0 spiro atoms. The second kappa shape index (κ2) is 12.7. The van der Waals surface area contributed by atoms with Gasteiger partial charge in [-0.05, 0) is 84.5 Å². The van der Waals surface area contributed by atoms with Crippen molar-refractivity contribution in [2.24, 2.45) is 10.4 Å². The number of likely N-dealkylation sites (tertiary alicyclic amines) is 2.